The second-order valence-electron chi connectivity index (χ2n) is 11.4. The van der Waals surface area contributed by atoms with Gasteiger partial charge in [-0.15, -0.1) is 0 Å². The second-order valence-corrected chi connectivity index (χ2v) is 11.4. The van der Waals surface area contributed by atoms with Crippen molar-refractivity contribution < 1.29 is 28.5 Å². The van der Waals surface area contributed by atoms with Crippen LogP contribution in [-0.2, 0) is 28.5 Å². The van der Waals surface area contributed by atoms with E-state index < -0.39 is 18.2 Å². The molecule has 0 bridgehead atoms. The molecule has 1 aromatic carbocycles. The van der Waals surface area contributed by atoms with Gasteiger partial charge >= 0.3 is 0 Å². The van der Waals surface area contributed by atoms with Gasteiger partial charge in [-0.05, 0) is 51.5 Å². The second kappa shape index (κ2) is 15.1. The molecule has 5 atom stereocenters. The average molecular weight is 547 g/mol. The molecule has 8 heteroatoms. The number of amides is 2. The lowest BCUT2D eigenvalue weighted by atomic mass is 10.0. The first-order valence-electron chi connectivity index (χ1n) is 14.9. The van der Waals surface area contributed by atoms with Crippen molar-refractivity contribution >= 4 is 23.2 Å². The summed E-state index contributed by atoms with van der Waals surface area (Å²) in [4.78, 5) is 25.9. The highest BCUT2D eigenvalue weighted by Crippen LogP contribution is 2.41. The smallest absolute Gasteiger partial charge is 0.224 e. The van der Waals surface area contributed by atoms with Crippen molar-refractivity contribution in [2.75, 3.05) is 16.8 Å². The van der Waals surface area contributed by atoms with E-state index in [1.165, 1.54) is 58.3 Å². The highest BCUT2D eigenvalue weighted by atomic mass is 16.8. The zero-order valence-corrected chi connectivity index (χ0v) is 24.9. The summed E-state index contributed by atoms with van der Waals surface area (Å²) in [6.45, 7) is 11.6. The predicted molar refractivity (Wildman–Crippen MR) is 154 cm³/mol. The standard InChI is InChI=1S/C31H50N2O6/c1-7-8-9-10-11-12-13-14-15-16-21-36-30-29-28(38-31(5,6)39-29)27(37-30)22(2)33(24(4)35)26-19-17-25(18-20-26)32-23(3)34/h17-20,22,27-30H,7-16,21H2,1-6H3,(H,32,34)/t22-,27+,28-,29-,30-/m0/s1. The quantitative estimate of drug-likeness (QED) is 0.236. The highest BCUT2D eigenvalue weighted by Gasteiger charge is 2.58. The summed E-state index contributed by atoms with van der Waals surface area (Å²) in [5.74, 6) is -1.01. The molecular formula is C31H50N2O6. The zero-order chi connectivity index (χ0) is 28.4. The molecule has 0 saturated carbocycles. The van der Waals surface area contributed by atoms with Crippen molar-refractivity contribution in [1.29, 1.82) is 0 Å². The van der Waals surface area contributed by atoms with Gasteiger partial charge in [0, 0.05) is 31.8 Å². The number of rotatable bonds is 16. The van der Waals surface area contributed by atoms with Crippen LogP contribution < -0.4 is 10.2 Å². The molecule has 2 amide bonds. The lowest BCUT2D eigenvalue weighted by Gasteiger charge is -2.34. The van der Waals surface area contributed by atoms with Gasteiger partial charge in [0.2, 0.25) is 11.8 Å². The number of carbonyl (C=O) groups excluding carboxylic acids is 2. The van der Waals surface area contributed by atoms with E-state index in [0.717, 1.165) is 18.5 Å². The number of unbranched alkanes of at least 4 members (excludes halogenated alkanes) is 9. The summed E-state index contributed by atoms with van der Waals surface area (Å²) in [7, 11) is 0. The maximum atomic E-state index is 12.8. The van der Waals surface area contributed by atoms with Crippen LogP contribution in [0.3, 0.4) is 0 Å². The number of anilines is 2. The van der Waals surface area contributed by atoms with Crippen LogP contribution >= 0.6 is 0 Å². The van der Waals surface area contributed by atoms with Crippen molar-refractivity contribution in [3.63, 3.8) is 0 Å². The molecule has 2 aliphatic rings. The summed E-state index contributed by atoms with van der Waals surface area (Å²) in [5, 5.41) is 2.76. The van der Waals surface area contributed by atoms with Crippen LogP contribution in [0.1, 0.15) is 106 Å². The van der Waals surface area contributed by atoms with Crippen LogP contribution in [0, 0.1) is 0 Å². The summed E-state index contributed by atoms with van der Waals surface area (Å²) in [6, 6.07) is 6.89. The fraction of sp³-hybridized carbons (Fsp3) is 0.742. The molecule has 220 valence electrons. The number of fused-ring (bicyclic) bond motifs is 1. The Morgan fingerprint density at radius 3 is 2.05 bits per heavy atom. The Balaban J connectivity index is 1.54. The Kier molecular flexibility index (Phi) is 12.2. The molecule has 0 unspecified atom stereocenters. The largest absolute Gasteiger partial charge is 0.350 e. The molecular weight excluding hydrogens is 496 g/mol. The number of nitrogens with zero attached hydrogens (tertiary/aromatic N) is 1. The van der Waals surface area contributed by atoms with E-state index in [2.05, 4.69) is 12.2 Å². The van der Waals surface area contributed by atoms with Gasteiger partial charge in [-0.2, -0.15) is 0 Å². The van der Waals surface area contributed by atoms with Crippen molar-refractivity contribution in [2.24, 2.45) is 0 Å². The van der Waals surface area contributed by atoms with E-state index in [-0.39, 0.29) is 30.1 Å². The van der Waals surface area contributed by atoms with Gasteiger partial charge in [0.1, 0.15) is 18.3 Å². The Bertz CT molecular complexity index is 905. The predicted octanol–water partition coefficient (Wildman–Crippen LogP) is 6.57. The maximum Gasteiger partial charge on any atom is 0.224 e. The van der Waals surface area contributed by atoms with Crippen LogP contribution in [0.5, 0.6) is 0 Å². The number of hydrogen-bond donors (Lipinski definition) is 1. The molecule has 0 aromatic heterocycles. The lowest BCUT2D eigenvalue weighted by Crippen LogP contribution is -2.49. The van der Waals surface area contributed by atoms with Gasteiger partial charge in [-0.25, -0.2) is 0 Å². The molecule has 39 heavy (non-hydrogen) atoms. The van der Waals surface area contributed by atoms with Gasteiger partial charge in [0.25, 0.3) is 0 Å². The highest BCUT2D eigenvalue weighted by molar-refractivity contribution is 5.93. The first-order chi connectivity index (χ1) is 18.6. The van der Waals surface area contributed by atoms with Crippen LogP contribution in [-0.4, -0.2) is 54.9 Å². The minimum Gasteiger partial charge on any atom is -0.350 e. The third-order valence-electron chi connectivity index (χ3n) is 7.51. The van der Waals surface area contributed by atoms with Crippen molar-refractivity contribution in [3.8, 4) is 0 Å². The number of ether oxygens (including phenoxy) is 4. The van der Waals surface area contributed by atoms with E-state index in [1.807, 2.05) is 32.9 Å². The average Bonchev–Trinajstić information content (AvgIpc) is 3.36. The Morgan fingerprint density at radius 2 is 1.49 bits per heavy atom. The fourth-order valence-corrected chi connectivity index (χ4v) is 5.66. The molecule has 1 aromatic rings. The van der Waals surface area contributed by atoms with Gasteiger partial charge < -0.3 is 29.2 Å². The molecule has 1 N–H and O–H groups in total. The topological polar surface area (TPSA) is 86.3 Å². The molecule has 0 radical (unpaired) electrons. The number of hydrogen-bond acceptors (Lipinski definition) is 6. The molecule has 2 saturated heterocycles. The third kappa shape index (κ3) is 9.27. The normalized spacial score (nSPS) is 24.4. The summed E-state index contributed by atoms with van der Waals surface area (Å²) < 4.78 is 25.0. The molecule has 8 nitrogen and oxygen atoms in total. The molecule has 0 spiro atoms. The fourth-order valence-electron chi connectivity index (χ4n) is 5.66. The van der Waals surface area contributed by atoms with Gasteiger partial charge in [-0.3, -0.25) is 9.59 Å². The number of benzene rings is 1. The minimum absolute atomic E-state index is 0.108. The maximum absolute atomic E-state index is 12.8. The summed E-state index contributed by atoms with van der Waals surface area (Å²) in [6.07, 6.45) is 11.0. The molecule has 2 heterocycles. The van der Waals surface area contributed by atoms with E-state index in [4.69, 9.17) is 18.9 Å². The Labute approximate surface area is 235 Å². The van der Waals surface area contributed by atoms with Gasteiger partial charge in [-0.1, -0.05) is 64.7 Å². The van der Waals surface area contributed by atoms with E-state index in [1.54, 1.807) is 24.0 Å². The number of carbonyl (C=O) groups is 2. The first-order valence-corrected chi connectivity index (χ1v) is 14.9. The molecule has 2 aliphatic heterocycles. The van der Waals surface area contributed by atoms with E-state index in [0.29, 0.717) is 12.3 Å². The van der Waals surface area contributed by atoms with Crippen molar-refractivity contribution in [1.82, 2.24) is 0 Å². The van der Waals surface area contributed by atoms with E-state index >= 15 is 0 Å². The minimum atomic E-state index is -0.753. The van der Waals surface area contributed by atoms with Crippen LogP contribution in [0.25, 0.3) is 0 Å². The SMILES string of the molecule is CCCCCCCCCCCCO[C@H]1O[C@H]([C@H](C)N(C(C)=O)c2ccc(NC(C)=O)cc2)[C@@H]2OC(C)(C)O[C@H]12. The molecule has 2 fully saturated rings. The van der Waals surface area contributed by atoms with Crippen LogP contribution in [0.15, 0.2) is 24.3 Å². The number of nitrogens with one attached hydrogen (secondary N) is 1. The third-order valence-corrected chi connectivity index (χ3v) is 7.51. The summed E-state index contributed by atoms with van der Waals surface area (Å²) >= 11 is 0. The van der Waals surface area contributed by atoms with E-state index in [9.17, 15) is 9.59 Å². The Morgan fingerprint density at radius 1 is 0.923 bits per heavy atom. The van der Waals surface area contributed by atoms with Crippen LogP contribution in [0.4, 0.5) is 11.4 Å². The zero-order valence-electron chi connectivity index (χ0n) is 24.9. The molecule has 3 rings (SSSR count). The van der Waals surface area contributed by atoms with Gasteiger partial charge in [0.15, 0.2) is 12.1 Å². The molecule has 0 aliphatic carbocycles. The summed E-state index contributed by atoms with van der Waals surface area (Å²) in [5.41, 5.74) is 1.39. The van der Waals surface area contributed by atoms with Crippen molar-refractivity contribution in [2.45, 2.75) is 142 Å². The monoisotopic (exact) mass is 546 g/mol. The Hall–Kier alpha value is -2.00. The van der Waals surface area contributed by atoms with Crippen molar-refractivity contribution in [3.05, 3.63) is 24.3 Å². The first kappa shape index (κ1) is 31.5. The van der Waals surface area contributed by atoms with Crippen LogP contribution in [0.2, 0.25) is 0 Å². The lowest BCUT2D eigenvalue weighted by molar-refractivity contribution is -0.235. The van der Waals surface area contributed by atoms with Gasteiger partial charge in [0.05, 0.1) is 6.04 Å².